The molecule has 0 unspecified atom stereocenters. The molecule has 0 saturated carbocycles. The maximum absolute atomic E-state index is 5.75. The third kappa shape index (κ3) is 3.73. The van der Waals surface area contributed by atoms with Gasteiger partial charge in [0.15, 0.2) is 0 Å². The molecular weight excluding hydrogens is 178 g/mol. The quantitative estimate of drug-likeness (QED) is 0.452. The van der Waals surface area contributed by atoms with Crippen molar-refractivity contribution in [2.24, 2.45) is 0 Å². The number of benzene rings is 1. The highest BCUT2D eigenvalue weighted by molar-refractivity contribution is 7.99. The van der Waals surface area contributed by atoms with Crippen molar-refractivity contribution in [3.05, 3.63) is 23.8 Å². The Bertz CT molecular complexity index is 251. The number of nitrogen functional groups attached to an aromatic ring is 1. The SMILES string of the molecule is CCCCSc1cc(C)cc(N)c1. The van der Waals surface area contributed by atoms with Gasteiger partial charge >= 0.3 is 0 Å². The average molecular weight is 195 g/mol. The second-order valence-electron chi connectivity index (χ2n) is 3.28. The van der Waals surface area contributed by atoms with Crippen LogP contribution in [-0.2, 0) is 0 Å². The lowest BCUT2D eigenvalue weighted by atomic mass is 10.2. The van der Waals surface area contributed by atoms with Crippen LogP contribution in [0.3, 0.4) is 0 Å². The fraction of sp³-hybridized carbons (Fsp3) is 0.455. The van der Waals surface area contributed by atoms with Crippen LogP contribution in [0.4, 0.5) is 5.69 Å². The van der Waals surface area contributed by atoms with E-state index in [0.29, 0.717) is 0 Å². The lowest BCUT2D eigenvalue weighted by Crippen LogP contribution is -1.87. The number of aryl methyl sites for hydroxylation is 1. The average Bonchev–Trinajstić information content (AvgIpc) is 2.03. The molecule has 72 valence electrons. The molecule has 2 heteroatoms. The summed E-state index contributed by atoms with van der Waals surface area (Å²) in [5, 5.41) is 0. The van der Waals surface area contributed by atoms with Gasteiger partial charge in [-0.25, -0.2) is 0 Å². The van der Waals surface area contributed by atoms with Gasteiger partial charge in [-0.15, -0.1) is 11.8 Å². The fourth-order valence-electron chi connectivity index (χ4n) is 1.19. The number of anilines is 1. The molecule has 1 nitrogen and oxygen atoms in total. The summed E-state index contributed by atoms with van der Waals surface area (Å²) < 4.78 is 0. The summed E-state index contributed by atoms with van der Waals surface area (Å²) in [5.41, 5.74) is 7.87. The Balaban J connectivity index is 2.56. The number of rotatable bonds is 4. The van der Waals surface area contributed by atoms with Crippen molar-refractivity contribution in [2.75, 3.05) is 11.5 Å². The fourth-order valence-corrected chi connectivity index (χ4v) is 2.35. The normalized spacial score (nSPS) is 10.3. The van der Waals surface area contributed by atoms with Crippen LogP contribution >= 0.6 is 11.8 Å². The zero-order valence-corrected chi connectivity index (χ0v) is 9.16. The van der Waals surface area contributed by atoms with Crippen LogP contribution in [0.25, 0.3) is 0 Å². The predicted octanol–water partition coefficient (Wildman–Crippen LogP) is 3.47. The van der Waals surface area contributed by atoms with E-state index in [-0.39, 0.29) is 0 Å². The molecule has 1 aromatic carbocycles. The second kappa shape index (κ2) is 5.18. The van der Waals surface area contributed by atoms with E-state index in [4.69, 9.17) is 5.73 Å². The number of thioether (sulfide) groups is 1. The standard InChI is InChI=1S/C11H17NS/c1-3-4-5-13-11-7-9(2)6-10(12)8-11/h6-8H,3-5,12H2,1-2H3. The van der Waals surface area contributed by atoms with Crippen molar-refractivity contribution in [1.29, 1.82) is 0 Å². The molecule has 0 atom stereocenters. The Labute approximate surface area is 84.7 Å². The molecular formula is C11H17NS. The molecule has 0 aromatic heterocycles. The minimum atomic E-state index is 0.874. The van der Waals surface area contributed by atoms with Gasteiger partial charge in [0.25, 0.3) is 0 Å². The molecule has 0 fully saturated rings. The van der Waals surface area contributed by atoms with Crippen LogP contribution in [0.1, 0.15) is 25.3 Å². The molecule has 13 heavy (non-hydrogen) atoms. The second-order valence-corrected chi connectivity index (χ2v) is 4.45. The van der Waals surface area contributed by atoms with E-state index < -0.39 is 0 Å². The van der Waals surface area contributed by atoms with E-state index in [1.807, 2.05) is 23.9 Å². The lowest BCUT2D eigenvalue weighted by Gasteiger charge is -2.03. The summed E-state index contributed by atoms with van der Waals surface area (Å²) in [5.74, 6) is 1.19. The molecule has 2 N–H and O–H groups in total. The molecule has 0 amide bonds. The Morgan fingerprint density at radius 3 is 2.69 bits per heavy atom. The maximum atomic E-state index is 5.75. The molecule has 0 spiro atoms. The molecule has 0 radical (unpaired) electrons. The van der Waals surface area contributed by atoms with Crippen molar-refractivity contribution in [2.45, 2.75) is 31.6 Å². The van der Waals surface area contributed by atoms with Gasteiger partial charge in [0.2, 0.25) is 0 Å². The van der Waals surface area contributed by atoms with Gasteiger partial charge in [-0.05, 0) is 42.9 Å². The van der Waals surface area contributed by atoms with E-state index in [1.165, 1.54) is 29.1 Å². The van der Waals surface area contributed by atoms with Gasteiger partial charge in [-0.1, -0.05) is 13.3 Å². The monoisotopic (exact) mass is 195 g/mol. The Morgan fingerprint density at radius 2 is 2.08 bits per heavy atom. The summed E-state index contributed by atoms with van der Waals surface area (Å²) in [4.78, 5) is 1.30. The van der Waals surface area contributed by atoms with Gasteiger partial charge in [0.05, 0.1) is 0 Å². The van der Waals surface area contributed by atoms with Crippen molar-refractivity contribution < 1.29 is 0 Å². The molecule has 1 aromatic rings. The summed E-state index contributed by atoms with van der Waals surface area (Å²) in [6, 6.07) is 6.24. The lowest BCUT2D eigenvalue weighted by molar-refractivity contribution is 0.896. The summed E-state index contributed by atoms with van der Waals surface area (Å²) >= 11 is 1.89. The van der Waals surface area contributed by atoms with Crippen LogP contribution < -0.4 is 5.73 Å². The summed E-state index contributed by atoms with van der Waals surface area (Å²) in [6.07, 6.45) is 2.53. The first-order valence-electron chi connectivity index (χ1n) is 4.72. The topological polar surface area (TPSA) is 26.0 Å². The first-order chi connectivity index (χ1) is 6.22. The smallest absolute Gasteiger partial charge is 0.0327 e. The highest BCUT2D eigenvalue weighted by atomic mass is 32.2. The van der Waals surface area contributed by atoms with Crippen LogP contribution in [0.2, 0.25) is 0 Å². The number of unbranched alkanes of at least 4 members (excludes halogenated alkanes) is 1. The zero-order chi connectivity index (χ0) is 9.68. The van der Waals surface area contributed by atoms with Crippen LogP contribution in [0, 0.1) is 6.92 Å². The predicted molar refractivity (Wildman–Crippen MR) is 61.2 cm³/mol. The Hall–Kier alpha value is -0.630. The van der Waals surface area contributed by atoms with Crippen molar-refractivity contribution in [1.82, 2.24) is 0 Å². The maximum Gasteiger partial charge on any atom is 0.0327 e. The van der Waals surface area contributed by atoms with E-state index in [2.05, 4.69) is 19.9 Å². The van der Waals surface area contributed by atoms with Crippen LogP contribution in [0.5, 0.6) is 0 Å². The van der Waals surface area contributed by atoms with Crippen molar-refractivity contribution >= 4 is 17.4 Å². The highest BCUT2D eigenvalue weighted by Crippen LogP contribution is 2.23. The van der Waals surface area contributed by atoms with Gasteiger partial charge in [0.1, 0.15) is 0 Å². The minimum Gasteiger partial charge on any atom is -0.399 e. The van der Waals surface area contributed by atoms with Gasteiger partial charge in [-0.3, -0.25) is 0 Å². The van der Waals surface area contributed by atoms with Gasteiger partial charge in [0, 0.05) is 10.6 Å². The molecule has 0 aliphatic rings. The molecule has 0 saturated heterocycles. The van der Waals surface area contributed by atoms with Crippen LogP contribution in [0.15, 0.2) is 23.1 Å². The van der Waals surface area contributed by atoms with E-state index in [9.17, 15) is 0 Å². The number of nitrogens with two attached hydrogens (primary N) is 1. The van der Waals surface area contributed by atoms with E-state index in [0.717, 1.165) is 5.69 Å². The van der Waals surface area contributed by atoms with Gasteiger partial charge in [-0.2, -0.15) is 0 Å². The molecule has 0 aliphatic carbocycles. The Kier molecular flexibility index (Phi) is 4.16. The highest BCUT2D eigenvalue weighted by Gasteiger charge is 1.96. The molecule has 1 rings (SSSR count). The molecule has 0 bridgehead atoms. The third-order valence-corrected chi connectivity index (χ3v) is 2.90. The number of hydrogen-bond donors (Lipinski definition) is 1. The first-order valence-corrected chi connectivity index (χ1v) is 5.71. The van der Waals surface area contributed by atoms with Crippen LogP contribution in [-0.4, -0.2) is 5.75 Å². The zero-order valence-electron chi connectivity index (χ0n) is 8.34. The molecule has 0 heterocycles. The number of hydrogen-bond acceptors (Lipinski definition) is 2. The van der Waals surface area contributed by atoms with E-state index in [1.54, 1.807) is 0 Å². The third-order valence-electron chi connectivity index (χ3n) is 1.84. The summed E-state index contributed by atoms with van der Waals surface area (Å²) in [7, 11) is 0. The Morgan fingerprint density at radius 1 is 1.31 bits per heavy atom. The van der Waals surface area contributed by atoms with Gasteiger partial charge < -0.3 is 5.73 Å². The molecule has 0 aliphatic heterocycles. The first kappa shape index (κ1) is 10.5. The van der Waals surface area contributed by atoms with Crippen molar-refractivity contribution in [3.8, 4) is 0 Å². The summed E-state index contributed by atoms with van der Waals surface area (Å²) in [6.45, 7) is 4.30. The minimum absolute atomic E-state index is 0.874. The van der Waals surface area contributed by atoms with Crippen molar-refractivity contribution in [3.63, 3.8) is 0 Å². The van der Waals surface area contributed by atoms with E-state index >= 15 is 0 Å². The largest absolute Gasteiger partial charge is 0.399 e.